The molecule has 0 unspecified atom stereocenters. The first kappa shape index (κ1) is 33.1. The largest absolute Gasteiger partial charge is 0.494 e. The Balaban J connectivity index is 1.69. The SMILES string of the molecule is C=C(C)C(=O)OCCCCCCCCOc1ccc(C(=O)Oc2ccc(/C=C/C(=O)OCC(F)(F)F)cc2C)cc1. The highest BCUT2D eigenvalue weighted by Gasteiger charge is 2.29. The first-order valence-electron chi connectivity index (χ1n) is 13.2. The molecule has 2 rings (SSSR count). The Morgan fingerprint density at radius 1 is 0.878 bits per heavy atom. The quantitative estimate of drug-likeness (QED) is 0.0906. The van der Waals surface area contributed by atoms with Crippen molar-refractivity contribution in [1.29, 1.82) is 0 Å². The third kappa shape index (κ3) is 13.7. The van der Waals surface area contributed by atoms with Crippen LogP contribution in [0.3, 0.4) is 0 Å². The number of alkyl halides is 3. The summed E-state index contributed by atoms with van der Waals surface area (Å²) in [6.07, 6.45) is 3.48. The lowest BCUT2D eigenvalue weighted by atomic mass is 10.1. The summed E-state index contributed by atoms with van der Waals surface area (Å²) in [5.74, 6) is -1.08. The minimum atomic E-state index is -4.59. The van der Waals surface area contributed by atoms with Gasteiger partial charge in [-0.15, -0.1) is 0 Å². The number of aryl methyl sites for hydroxylation is 1. The molecule has 0 spiro atoms. The maximum absolute atomic E-state index is 12.6. The lowest BCUT2D eigenvalue weighted by Gasteiger charge is -2.10. The Morgan fingerprint density at radius 2 is 1.51 bits per heavy atom. The Morgan fingerprint density at radius 3 is 2.12 bits per heavy atom. The standard InChI is InChI=1S/C31H35F3O7/c1-22(2)29(36)39-19-9-7-5-4-6-8-18-38-26-14-12-25(13-15-26)30(37)41-27-16-10-24(20-23(27)3)11-17-28(35)40-21-31(32,33)34/h10-17,20H,1,4-9,18-19,21H2,2-3H3/b17-11+. The van der Waals surface area contributed by atoms with E-state index in [2.05, 4.69) is 11.3 Å². The zero-order chi connectivity index (χ0) is 30.3. The first-order chi connectivity index (χ1) is 19.4. The van der Waals surface area contributed by atoms with Gasteiger partial charge in [-0.2, -0.15) is 13.2 Å². The molecule has 0 atom stereocenters. The maximum atomic E-state index is 12.6. The van der Waals surface area contributed by atoms with Crippen molar-refractivity contribution in [2.45, 2.75) is 58.5 Å². The van der Waals surface area contributed by atoms with Crippen LogP contribution in [0.1, 0.15) is 66.9 Å². The van der Waals surface area contributed by atoms with Gasteiger partial charge in [-0.3, -0.25) is 0 Å². The summed E-state index contributed by atoms with van der Waals surface area (Å²) < 4.78 is 56.7. The van der Waals surface area contributed by atoms with E-state index >= 15 is 0 Å². The smallest absolute Gasteiger partial charge is 0.422 e. The van der Waals surface area contributed by atoms with Crippen molar-refractivity contribution in [1.82, 2.24) is 0 Å². The van der Waals surface area contributed by atoms with Crippen LogP contribution >= 0.6 is 0 Å². The van der Waals surface area contributed by atoms with Gasteiger partial charge in [0.2, 0.25) is 0 Å². The summed E-state index contributed by atoms with van der Waals surface area (Å²) in [7, 11) is 0. The lowest BCUT2D eigenvalue weighted by Crippen LogP contribution is -2.19. The predicted octanol–water partition coefficient (Wildman–Crippen LogP) is 7.17. The van der Waals surface area contributed by atoms with Gasteiger partial charge in [-0.1, -0.05) is 38.3 Å². The molecular formula is C31H35F3O7. The predicted molar refractivity (Wildman–Crippen MR) is 148 cm³/mol. The van der Waals surface area contributed by atoms with Gasteiger partial charge in [0.25, 0.3) is 0 Å². The number of benzene rings is 2. The van der Waals surface area contributed by atoms with E-state index in [1.807, 2.05) is 0 Å². The Labute approximate surface area is 237 Å². The van der Waals surface area contributed by atoms with E-state index in [1.54, 1.807) is 50.2 Å². The van der Waals surface area contributed by atoms with Gasteiger partial charge in [-0.25, -0.2) is 14.4 Å². The first-order valence-corrected chi connectivity index (χ1v) is 13.2. The summed E-state index contributed by atoms with van der Waals surface area (Å²) in [5.41, 5.74) is 1.86. The summed E-state index contributed by atoms with van der Waals surface area (Å²) in [6.45, 7) is 6.18. The molecule has 0 aliphatic rings. The van der Waals surface area contributed by atoms with Gasteiger partial charge in [-0.05, 0) is 80.3 Å². The van der Waals surface area contributed by atoms with Crippen molar-refractivity contribution in [3.05, 3.63) is 77.4 Å². The molecule has 2 aromatic rings. The monoisotopic (exact) mass is 576 g/mol. The van der Waals surface area contributed by atoms with E-state index in [9.17, 15) is 27.6 Å². The molecule has 2 aromatic carbocycles. The minimum Gasteiger partial charge on any atom is -0.494 e. The van der Waals surface area contributed by atoms with E-state index in [4.69, 9.17) is 14.2 Å². The normalized spacial score (nSPS) is 11.2. The van der Waals surface area contributed by atoms with E-state index in [1.165, 1.54) is 12.1 Å². The zero-order valence-corrected chi connectivity index (χ0v) is 23.3. The zero-order valence-electron chi connectivity index (χ0n) is 23.3. The second-order valence-corrected chi connectivity index (χ2v) is 9.38. The fourth-order valence-electron chi connectivity index (χ4n) is 3.49. The Bertz CT molecular complexity index is 1200. The molecule has 0 radical (unpaired) electrons. The van der Waals surface area contributed by atoms with E-state index in [0.717, 1.165) is 44.6 Å². The van der Waals surface area contributed by atoms with E-state index in [0.29, 0.717) is 47.0 Å². The number of ether oxygens (including phenoxy) is 4. The third-order valence-electron chi connectivity index (χ3n) is 5.67. The summed E-state index contributed by atoms with van der Waals surface area (Å²) in [4.78, 5) is 35.3. The highest BCUT2D eigenvalue weighted by atomic mass is 19.4. The molecule has 0 aliphatic heterocycles. The Kier molecular flexibility index (Phi) is 13.6. The molecule has 0 fully saturated rings. The van der Waals surface area contributed by atoms with Crippen molar-refractivity contribution in [2.24, 2.45) is 0 Å². The number of carbonyl (C=O) groups is 3. The number of esters is 3. The molecule has 0 saturated carbocycles. The van der Waals surface area contributed by atoms with Crippen molar-refractivity contribution in [3.8, 4) is 11.5 Å². The van der Waals surface area contributed by atoms with Crippen LogP contribution in [-0.4, -0.2) is 43.9 Å². The summed E-state index contributed by atoms with van der Waals surface area (Å²) in [5, 5.41) is 0. The van der Waals surface area contributed by atoms with Gasteiger partial charge in [0, 0.05) is 11.6 Å². The van der Waals surface area contributed by atoms with E-state index < -0.39 is 24.7 Å². The average molecular weight is 577 g/mol. The fourth-order valence-corrected chi connectivity index (χ4v) is 3.49. The summed E-state index contributed by atoms with van der Waals surface area (Å²) in [6, 6.07) is 11.3. The second kappa shape index (κ2) is 16.9. The lowest BCUT2D eigenvalue weighted by molar-refractivity contribution is -0.182. The molecule has 0 amide bonds. The van der Waals surface area contributed by atoms with Crippen molar-refractivity contribution in [2.75, 3.05) is 19.8 Å². The number of rotatable bonds is 16. The van der Waals surface area contributed by atoms with Crippen LogP contribution in [-0.2, 0) is 19.1 Å². The number of unbranched alkanes of at least 4 members (excludes halogenated alkanes) is 5. The number of hydrogen-bond donors (Lipinski definition) is 0. The second-order valence-electron chi connectivity index (χ2n) is 9.38. The van der Waals surface area contributed by atoms with Gasteiger partial charge < -0.3 is 18.9 Å². The fraction of sp³-hybridized carbons (Fsp3) is 0.387. The molecule has 0 bridgehead atoms. The summed E-state index contributed by atoms with van der Waals surface area (Å²) >= 11 is 0. The number of hydrogen-bond acceptors (Lipinski definition) is 7. The molecule has 222 valence electrons. The molecule has 10 heteroatoms. The maximum Gasteiger partial charge on any atom is 0.422 e. The number of halogens is 3. The van der Waals surface area contributed by atoms with Gasteiger partial charge in [0.1, 0.15) is 11.5 Å². The van der Waals surface area contributed by atoms with Crippen LogP contribution in [0.4, 0.5) is 13.2 Å². The van der Waals surface area contributed by atoms with Crippen LogP contribution < -0.4 is 9.47 Å². The third-order valence-corrected chi connectivity index (χ3v) is 5.67. The van der Waals surface area contributed by atoms with Gasteiger partial charge in [0.05, 0.1) is 18.8 Å². The average Bonchev–Trinajstić information content (AvgIpc) is 2.92. The molecule has 0 aromatic heterocycles. The highest BCUT2D eigenvalue weighted by molar-refractivity contribution is 5.91. The van der Waals surface area contributed by atoms with Crippen molar-refractivity contribution >= 4 is 24.0 Å². The van der Waals surface area contributed by atoms with Crippen molar-refractivity contribution in [3.63, 3.8) is 0 Å². The van der Waals surface area contributed by atoms with E-state index in [-0.39, 0.29) is 5.97 Å². The van der Waals surface area contributed by atoms with Crippen molar-refractivity contribution < 1.29 is 46.5 Å². The number of carbonyl (C=O) groups excluding carboxylic acids is 3. The molecule has 7 nitrogen and oxygen atoms in total. The molecule has 0 N–H and O–H groups in total. The van der Waals surface area contributed by atoms with Crippen LogP contribution in [0, 0.1) is 6.92 Å². The van der Waals surface area contributed by atoms with Crippen LogP contribution in [0.5, 0.6) is 11.5 Å². The molecule has 41 heavy (non-hydrogen) atoms. The highest BCUT2D eigenvalue weighted by Crippen LogP contribution is 2.22. The van der Waals surface area contributed by atoms with Crippen LogP contribution in [0.2, 0.25) is 0 Å². The van der Waals surface area contributed by atoms with Crippen LogP contribution in [0.25, 0.3) is 6.08 Å². The minimum absolute atomic E-state index is 0.306. The topological polar surface area (TPSA) is 88.1 Å². The van der Waals surface area contributed by atoms with Gasteiger partial charge in [0.15, 0.2) is 6.61 Å². The van der Waals surface area contributed by atoms with Crippen LogP contribution in [0.15, 0.2) is 60.7 Å². The molecule has 0 aliphatic carbocycles. The Hall–Kier alpha value is -4.08. The van der Waals surface area contributed by atoms with Gasteiger partial charge >= 0.3 is 24.1 Å². The molecule has 0 saturated heterocycles. The molecule has 0 heterocycles. The molecular weight excluding hydrogens is 541 g/mol.